The van der Waals surface area contributed by atoms with Crippen molar-refractivity contribution < 1.29 is 13.2 Å². The van der Waals surface area contributed by atoms with Crippen molar-refractivity contribution in [3.05, 3.63) is 47.3 Å². The zero-order chi connectivity index (χ0) is 26.6. The first-order valence-corrected chi connectivity index (χ1v) is 12.2. The normalized spacial score (nSPS) is 15.4. The van der Waals surface area contributed by atoms with Crippen molar-refractivity contribution in [2.45, 2.75) is 58.0 Å². The number of benzene rings is 1. The van der Waals surface area contributed by atoms with Gasteiger partial charge in [-0.3, -0.25) is 15.9 Å². The summed E-state index contributed by atoms with van der Waals surface area (Å²) in [7, 11) is 1.68. The van der Waals surface area contributed by atoms with Crippen LogP contribution >= 0.6 is 0 Å². The lowest BCUT2D eigenvalue weighted by Crippen LogP contribution is -2.36. The van der Waals surface area contributed by atoms with Crippen LogP contribution in [0.1, 0.15) is 68.8 Å². The summed E-state index contributed by atoms with van der Waals surface area (Å²) >= 11 is 0. The number of amidine groups is 1. The summed E-state index contributed by atoms with van der Waals surface area (Å²) in [5.41, 5.74) is 7.39. The molecule has 10 heteroatoms. The Morgan fingerprint density at radius 3 is 2.53 bits per heavy atom. The maximum Gasteiger partial charge on any atom is 0.433 e. The number of nitrogens with one attached hydrogen (secondary N) is 3. The molecule has 4 rings (SSSR count). The Morgan fingerprint density at radius 1 is 1.28 bits per heavy atom. The number of nitrogens with two attached hydrogens (primary N) is 1. The van der Waals surface area contributed by atoms with E-state index in [1.807, 2.05) is 32.0 Å². The molecule has 0 bridgehead atoms. The third-order valence-corrected chi connectivity index (χ3v) is 6.70. The largest absolute Gasteiger partial charge is 0.433 e. The summed E-state index contributed by atoms with van der Waals surface area (Å²) in [5.74, 6) is 0.0285. The zero-order valence-corrected chi connectivity index (χ0v) is 21.1. The second-order valence-corrected chi connectivity index (χ2v) is 8.94. The second kappa shape index (κ2) is 11.2. The lowest BCUT2D eigenvalue weighted by Gasteiger charge is -2.36. The minimum Gasteiger partial charge on any atom is -0.330 e. The van der Waals surface area contributed by atoms with Crippen molar-refractivity contribution in [3.63, 3.8) is 0 Å². The Hall–Kier alpha value is -3.27. The molecular weight excluding hydrogens is 467 g/mol. The topological polar surface area (TPSA) is 119 Å². The van der Waals surface area contributed by atoms with Crippen LogP contribution in [-0.4, -0.2) is 45.8 Å². The van der Waals surface area contributed by atoms with Crippen molar-refractivity contribution in [1.29, 1.82) is 10.8 Å². The molecule has 7 nitrogen and oxygen atoms in total. The zero-order valence-electron chi connectivity index (χ0n) is 21.1. The van der Waals surface area contributed by atoms with Crippen LogP contribution in [0.4, 0.5) is 13.2 Å². The highest BCUT2D eigenvalue weighted by Crippen LogP contribution is 2.42. The number of aromatic amines is 1. The van der Waals surface area contributed by atoms with Crippen LogP contribution in [0.2, 0.25) is 0 Å². The van der Waals surface area contributed by atoms with Gasteiger partial charge in [-0.2, -0.15) is 18.3 Å². The highest BCUT2D eigenvalue weighted by molar-refractivity contribution is 5.96. The average molecular weight is 502 g/mol. The maximum atomic E-state index is 13.6. The lowest BCUT2D eigenvalue weighted by molar-refractivity contribution is -0.141. The number of fused-ring (bicyclic) bond motifs is 1. The van der Waals surface area contributed by atoms with E-state index in [9.17, 15) is 13.2 Å². The Labute approximate surface area is 209 Å². The molecule has 0 spiro atoms. The Balaban J connectivity index is 0.00000176. The number of likely N-dealkylation sites (N-methyl/N-ethyl adjacent to an activating group) is 1. The molecule has 5 N–H and O–H groups in total. The van der Waals surface area contributed by atoms with Gasteiger partial charge in [-0.1, -0.05) is 45.4 Å². The van der Waals surface area contributed by atoms with E-state index >= 15 is 0 Å². The van der Waals surface area contributed by atoms with E-state index in [1.54, 1.807) is 20.0 Å². The summed E-state index contributed by atoms with van der Waals surface area (Å²) in [4.78, 5) is 5.35. The van der Waals surface area contributed by atoms with E-state index in [0.29, 0.717) is 33.9 Å². The molecule has 1 aliphatic rings. The van der Waals surface area contributed by atoms with Crippen LogP contribution in [0.3, 0.4) is 0 Å². The summed E-state index contributed by atoms with van der Waals surface area (Å²) in [5, 5.41) is 23.8. The molecule has 3 aromatic rings. The minimum atomic E-state index is -4.60. The van der Waals surface area contributed by atoms with Crippen LogP contribution in [0, 0.1) is 16.7 Å². The van der Waals surface area contributed by atoms with Gasteiger partial charge in [0.25, 0.3) is 0 Å². The molecular formula is C26H34F3N7. The molecule has 0 aliphatic heterocycles. The van der Waals surface area contributed by atoms with Gasteiger partial charge in [0.1, 0.15) is 17.2 Å². The third-order valence-electron chi connectivity index (χ3n) is 6.70. The van der Waals surface area contributed by atoms with Crippen molar-refractivity contribution in [2.75, 3.05) is 13.6 Å². The molecule has 1 fully saturated rings. The highest BCUT2D eigenvalue weighted by Gasteiger charge is 2.35. The van der Waals surface area contributed by atoms with Gasteiger partial charge in [0.2, 0.25) is 0 Å². The summed E-state index contributed by atoms with van der Waals surface area (Å²) in [6.07, 6.45) is -0.396. The number of rotatable bonds is 7. The first-order chi connectivity index (χ1) is 17.2. The fraction of sp³-hybridized carbons (Fsp3) is 0.462. The number of alkyl halides is 3. The van der Waals surface area contributed by atoms with Crippen molar-refractivity contribution >= 4 is 23.1 Å². The predicted octanol–water partition coefficient (Wildman–Crippen LogP) is 6.13. The first kappa shape index (κ1) is 27.3. The molecule has 2 heterocycles. The average Bonchev–Trinajstić information content (AvgIpc) is 3.29. The van der Waals surface area contributed by atoms with Gasteiger partial charge in [0, 0.05) is 36.4 Å². The van der Waals surface area contributed by atoms with E-state index in [-0.39, 0.29) is 24.1 Å². The van der Waals surface area contributed by atoms with Gasteiger partial charge in [-0.15, -0.1) is 0 Å². The van der Waals surface area contributed by atoms with Gasteiger partial charge < -0.3 is 10.6 Å². The maximum absolute atomic E-state index is 13.6. The molecule has 36 heavy (non-hydrogen) atoms. The molecule has 0 amide bonds. The molecule has 1 aromatic carbocycles. The summed E-state index contributed by atoms with van der Waals surface area (Å²) in [6.45, 7) is 5.89. The Kier molecular flexibility index (Phi) is 8.50. The number of H-pyrrole nitrogens is 1. The molecule has 1 aliphatic carbocycles. The Bertz CT molecular complexity index is 1210. The van der Waals surface area contributed by atoms with Crippen LogP contribution in [0.5, 0.6) is 0 Å². The number of aromatic nitrogens is 3. The fourth-order valence-corrected chi connectivity index (χ4v) is 4.47. The second-order valence-electron chi connectivity index (χ2n) is 8.94. The van der Waals surface area contributed by atoms with Crippen molar-refractivity contribution in [1.82, 2.24) is 20.1 Å². The molecule has 1 saturated carbocycles. The first-order valence-electron chi connectivity index (χ1n) is 12.2. The van der Waals surface area contributed by atoms with Crippen LogP contribution in [0.15, 0.2) is 30.3 Å². The van der Waals surface area contributed by atoms with Crippen LogP contribution in [0.25, 0.3) is 22.2 Å². The van der Waals surface area contributed by atoms with E-state index < -0.39 is 11.9 Å². The number of pyridine rings is 1. The smallest absolute Gasteiger partial charge is 0.330 e. The van der Waals surface area contributed by atoms with Crippen molar-refractivity contribution in [3.8, 4) is 11.3 Å². The molecule has 0 radical (unpaired) electrons. The van der Waals surface area contributed by atoms with Crippen LogP contribution in [-0.2, 0) is 6.18 Å². The molecule has 0 saturated heterocycles. The highest BCUT2D eigenvalue weighted by atomic mass is 19.4. The third kappa shape index (κ3) is 5.28. The van der Waals surface area contributed by atoms with Crippen molar-refractivity contribution in [2.24, 2.45) is 11.7 Å². The van der Waals surface area contributed by atoms with Gasteiger partial charge in [-0.25, -0.2) is 4.98 Å². The summed E-state index contributed by atoms with van der Waals surface area (Å²) < 4.78 is 40.9. The SMILES string of the molecule is CC.CC(CN)c1nc(C(F)(F)F)cc2c(-c3cccc(C(C(=N)N(C)C=N)C4CCC4)c3)n[nH]c12. The Morgan fingerprint density at radius 2 is 1.97 bits per heavy atom. The predicted molar refractivity (Wildman–Crippen MR) is 137 cm³/mol. The number of halogens is 3. The van der Waals surface area contributed by atoms with E-state index in [2.05, 4.69) is 15.2 Å². The fourth-order valence-electron chi connectivity index (χ4n) is 4.47. The number of hydrogen-bond donors (Lipinski definition) is 4. The van der Waals surface area contributed by atoms with Gasteiger partial charge in [0.05, 0.1) is 17.5 Å². The number of hydrogen-bond acceptors (Lipinski definition) is 5. The molecule has 2 unspecified atom stereocenters. The molecule has 2 aromatic heterocycles. The quantitative estimate of drug-likeness (QED) is 0.230. The van der Waals surface area contributed by atoms with Crippen LogP contribution < -0.4 is 5.73 Å². The van der Waals surface area contributed by atoms with E-state index in [1.165, 1.54) is 4.90 Å². The monoisotopic (exact) mass is 501 g/mol. The van der Waals surface area contributed by atoms with Gasteiger partial charge in [0.15, 0.2) is 0 Å². The minimum absolute atomic E-state index is 0.152. The van der Waals surface area contributed by atoms with Gasteiger partial charge >= 0.3 is 6.18 Å². The van der Waals surface area contributed by atoms with E-state index in [4.69, 9.17) is 16.6 Å². The molecule has 194 valence electrons. The lowest BCUT2D eigenvalue weighted by atomic mass is 9.72. The standard InChI is InChI=1S/C24H28F3N7.C2H6/c1-13(11-28)20-22-17(10-18(31-20)24(25,26)27)21(32-33-22)16-8-4-7-15(9-16)19(14-5-3-6-14)23(30)34(2)12-29;1-2/h4,7-10,12-14,19,29-30H,3,5-6,11,28H2,1-2H3,(H,32,33);1-2H3. The molecule has 2 atom stereocenters. The number of nitrogens with zero attached hydrogens (tertiary/aromatic N) is 3. The van der Waals surface area contributed by atoms with Gasteiger partial charge in [-0.05, 0) is 36.5 Å². The summed E-state index contributed by atoms with van der Waals surface area (Å²) in [6, 6.07) is 8.50. The van der Waals surface area contributed by atoms with E-state index in [0.717, 1.165) is 37.2 Å².